The van der Waals surface area contributed by atoms with Gasteiger partial charge in [0.2, 0.25) is 0 Å². The molecular formula is C20H42N2O. The van der Waals surface area contributed by atoms with Gasteiger partial charge in [0.25, 0.3) is 0 Å². The predicted molar refractivity (Wildman–Crippen MR) is 103 cm³/mol. The van der Waals surface area contributed by atoms with E-state index in [4.69, 9.17) is 0 Å². The normalized spacial score (nSPS) is 10.9. The summed E-state index contributed by atoms with van der Waals surface area (Å²) in [6, 6.07) is 0. The van der Waals surface area contributed by atoms with Gasteiger partial charge in [-0.2, -0.15) is 0 Å². The molecule has 0 radical (unpaired) electrons. The van der Waals surface area contributed by atoms with Gasteiger partial charge in [0.1, 0.15) is 0 Å². The Morgan fingerprint density at radius 2 is 0.826 bits per heavy atom. The molecule has 3 nitrogen and oxygen atoms in total. The van der Waals surface area contributed by atoms with Crippen LogP contribution in [0.25, 0.3) is 0 Å². The van der Waals surface area contributed by atoms with Crippen LogP contribution in [0.5, 0.6) is 0 Å². The van der Waals surface area contributed by atoms with E-state index in [1.54, 1.807) is 5.01 Å². The quantitative estimate of drug-likeness (QED) is 0.142. The third-order valence-electron chi connectivity index (χ3n) is 4.66. The molecule has 0 bridgehead atoms. The van der Waals surface area contributed by atoms with Crippen molar-refractivity contribution in [3.05, 3.63) is 4.91 Å². The van der Waals surface area contributed by atoms with Gasteiger partial charge in [-0.25, -0.2) is 0 Å². The van der Waals surface area contributed by atoms with Crippen LogP contribution in [0.3, 0.4) is 0 Å². The highest BCUT2D eigenvalue weighted by Gasteiger charge is 2.02. The second-order valence-corrected chi connectivity index (χ2v) is 6.99. The van der Waals surface area contributed by atoms with Crippen molar-refractivity contribution in [3.63, 3.8) is 0 Å². The van der Waals surface area contributed by atoms with Crippen molar-refractivity contribution >= 4 is 0 Å². The summed E-state index contributed by atoms with van der Waals surface area (Å²) in [5.41, 5.74) is 0. The van der Waals surface area contributed by atoms with Crippen molar-refractivity contribution in [2.45, 2.75) is 117 Å². The maximum atomic E-state index is 10.9. The Morgan fingerprint density at radius 3 is 1.13 bits per heavy atom. The predicted octanol–water partition coefficient (Wildman–Crippen LogP) is 7.25. The zero-order valence-electron chi connectivity index (χ0n) is 16.0. The van der Waals surface area contributed by atoms with Gasteiger partial charge in [-0.3, -0.25) is 5.01 Å². The van der Waals surface area contributed by atoms with Crippen LogP contribution in [-0.2, 0) is 0 Å². The van der Waals surface area contributed by atoms with E-state index in [1.807, 2.05) is 0 Å². The Morgan fingerprint density at radius 1 is 0.522 bits per heavy atom. The largest absolute Gasteiger partial charge is 0.261 e. The third-order valence-corrected chi connectivity index (χ3v) is 4.66. The van der Waals surface area contributed by atoms with Crippen LogP contribution in [0.1, 0.15) is 117 Å². The zero-order valence-corrected chi connectivity index (χ0v) is 16.0. The molecule has 0 fully saturated rings. The monoisotopic (exact) mass is 326 g/mol. The Hall–Kier alpha value is -0.600. The molecule has 0 aromatic carbocycles. The van der Waals surface area contributed by atoms with Gasteiger partial charge in [0.15, 0.2) is 0 Å². The van der Waals surface area contributed by atoms with E-state index in [1.165, 1.54) is 89.9 Å². The van der Waals surface area contributed by atoms with Gasteiger partial charge in [0.05, 0.1) is 5.29 Å². The number of unbranched alkanes of at least 4 members (excludes halogenated alkanes) is 14. The lowest BCUT2D eigenvalue weighted by atomic mass is 10.1. The van der Waals surface area contributed by atoms with Gasteiger partial charge < -0.3 is 0 Å². The molecule has 0 N–H and O–H groups in total. The number of nitrogens with zero attached hydrogens (tertiary/aromatic N) is 2. The summed E-state index contributed by atoms with van der Waals surface area (Å²) in [5, 5.41) is 4.93. The molecule has 23 heavy (non-hydrogen) atoms. The summed E-state index contributed by atoms with van der Waals surface area (Å²) in [5.74, 6) is 0. The molecule has 3 heteroatoms. The minimum atomic E-state index is 0.856. The molecule has 0 unspecified atom stereocenters. The average Bonchev–Trinajstić information content (AvgIpc) is 2.57. The zero-order chi connectivity index (χ0) is 17.0. The fraction of sp³-hybridized carbons (Fsp3) is 1.00. The SMILES string of the molecule is CCCCCCCCCCN(CCCCCCCCCC)N=O. The first-order valence-electron chi connectivity index (χ1n) is 10.4. The maximum Gasteiger partial charge on any atom is 0.0523 e. The molecule has 0 saturated carbocycles. The Labute approximate surface area is 145 Å². The van der Waals surface area contributed by atoms with Gasteiger partial charge in [0, 0.05) is 13.1 Å². The second-order valence-electron chi connectivity index (χ2n) is 6.99. The highest BCUT2D eigenvalue weighted by Crippen LogP contribution is 2.11. The lowest BCUT2D eigenvalue weighted by Gasteiger charge is -2.14. The Bertz CT molecular complexity index is 214. The van der Waals surface area contributed by atoms with Crippen LogP contribution in [-0.4, -0.2) is 18.1 Å². The highest BCUT2D eigenvalue weighted by molar-refractivity contribution is 4.55. The van der Waals surface area contributed by atoms with Crippen molar-refractivity contribution in [2.24, 2.45) is 5.29 Å². The van der Waals surface area contributed by atoms with Gasteiger partial charge in [-0.1, -0.05) is 104 Å². The number of hydrogen-bond acceptors (Lipinski definition) is 2. The number of nitroso groups, excluding NO2 is 1. The van der Waals surface area contributed by atoms with E-state index in [0.29, 0.717) is 0 Å². The second kappa shape index (κ2) is 19.4. The fourth-order valence-corrected chi connectivity index (χ4v) is 3.05. The first kappa shape index (κ1) is 22.4. The van der Waals surface area contributed by atoms with Crippen molar-refractivity contribution in [3.8, 4) is 0 Å². The van der Waals surface area contributed by atoms with E-state index in [0.717, 1.165) is 25.9 Å². The molecule has 0 rings (SSSR count). The number of rotatable bonds is 19. The maximum absolute atomic E-state index is 10.9. The minimum Gasteiger partial charge on any atom is -0.261 e. The van der Waals surface area contributed by atoms with Gasteiger partial charge >= 0.3 is 0 Å². The van der Waals surface area contributed by atoms with Crippen LogP contribution in [0, 0.1) is 4.91 Å². The smallest absolute Gasteiger partial charge is 0.0523 e. The summed E-state index contributed by atoms with van der Waals surface area (Å²) in [7, 11) is 0. The van der Waals surface area contributed by atoms with Crippen LogP contribution >= 0.6 is 0 Å². The first-order valence-corrected chi connectivity index (χ1v) is 10.4. The summed E-state index contributed by atoms with van der Waals surface area (Å²) in [6.07, 6.45) is 21.0. The molecule has 0 aromatic heterocycles. The molecular weight excluding hydrogens is 284 g/mol. The van der Waals surface area contributed by atoms with Gasteiger partial charge in [-0.15, -0.1) is 4.91 Å². The molecule has 0 aromatic rings. The minimum absolute atomic E-state index is 0.856. The summed E-state index contributed by atoms with van der Waals surface area (Å²) >= 11 is 0. The molecule has 138 valence electrons. The molecule has 0 aliphatic heterocycles. The van der Waals surface area contributed by atoms with Crippen LogP contribution in [0.2, 0.25) is 0 Å². The summed E-state index contributed by atoms with van der Waals surface area (Å²) in [4.78, 5) is 10.9. The first-order chi connectivity index (χ1) is 11.3. The fourth-order valence-electron chi connectivity index (χ4n) is 3.05. The highest BCUT2D eigenvalue weighted by atomic mass is 16.3. The lowest BCUT2D eigenvalue weighted by molar-refractivity contribution is 0.269. The van der Waals surface area contributed by atoms with Crippen molar-refractivity contribution in [1.29, 1.82) is 0 Å². The molecule has 0 aliphatic rings. The van der Waals surface area contributed by atoms with Crippen LogP contribution < -0.4 is 0 Å². The topological polar surface area (TPSA) is 32.7 Å². The van der Waals surface area contributed by atoms with E-state index in [9.17, 15) is 4.91 Å². The van der Waals surface area contributed by atoms with E-state index >= 15 is 0 Å². The molecule has 0 heterocycles. The molecule has 0 amide bonds. The average molecular weight is 327 g/mol. The van der Waals surface area contributed by atoms with E-state index < -0.39 is 0 Å². The molecule has 0 saturated heterocycles. The molecule has 0 spiro atoms. The van der Waals surface area contributed by atoms with Crippen LogP contribution in [0.4, 0.5) is 0 Å². The summed E-state index contributed by atoms with van der Waals surface area (Å²) in [6.45, 7) is 6.23. The van der Waals surface area contributed by atoms with E-state index in [2.05, 4.69) is 19.1 Å². The van der Waals surface area contributed by atoms with Crippen molar-refractivity contribution in [2.75, 3.05) is 13.1 Å². The van der Waals surface area contributed by atoms with Gasteiger partial charge in [-0.05, 0) is 12.8 Å². The van der Waals surface area contributed by atoms with Crippen LogP contribution in [0.15, 0.2) is 5.29 Å². The van der Waals surface area contributed by atoms with Crippen molar-refractivity contribution in [1.82, 2.24) is 5.01 Å². The standard InChI is InChI=1S/C20H42N2O/c1-3-5-7-9-11-13-15-17-19-22(21-23)20-18-16-14-12-10-8-6-4-2/h3-20H2,1-2H3. The molecule has 0 atom stereocenters. The summed E-state index contributed by atoms with van der Waals surface area (Å²) < 4.78 is 0. The van der Waals surface area contributed by atoms with E-state index in [-0.39, 0.29) is 0 Å². The molecule has 0 aliphatic carbocycles. The Balaban J connectivity index is 3.30. The van der Waals surface area contributed by atoms with Crippen molar-refractivity contribution < 1.29 is 0 Å². The third kappa shape index (κ3) is 17.6. The number of hydrogen-bond donors (Lipinski definition) is 0. The Kier molecular flexibility index (Phi) is 18.9. The lowest BCUT2D eigenvalue weighted by Crippen LogP contribution is -2.19.